The highest BCUT2D eigenvalue weighted by molar-refractivity contribution is 6.31. The number of rotatable bonds is 5. The quantitative estimate of drug-likeness (QED) is 0.828. The molecule has 1 aromatic carbocycles. The van der Waals surface area contributed by atoms with Gasteiger partial charge in [-0.3, -0.25) is 9.69 Å². The van der Waals surface area contributed by atoms with Crippen molar-refractivity contribution in [2.24, 2.45) is 5.73 Å². The van der Waals surface area contributed by atoms with Crippen molar-refractivity contribution in [3.63, 3.8) is 0 Å². The molecule has 1 saturated heterocycles. The van der Waals surface area contributed by atoms with Crippen molar-refractivity contribution in [1.29, 1.82) is 0 Å². The smallest absolute Gasteiger partial charge is 0.222 e. The molecule has 1 fully saturated rings. The number of hydrogen-bond donors (Lipinski definition) is 1. The number of hydrogen-bond acceptors (Lipinski definition) is 3. The lowest BCUT2D eigenvalue weighted by molar-refractivity contribution is -0.133. The van der Waals surface area contributed by atoms with Crippen LogP contribution in [0.2, 0.25) is 5.02 Å². The van der Waals surface area contributed by atoms with Crippen LogP contribution in [0.4, 0.5) is 0 Å². The molecule has 1 aliphatic rings. The van der Waals surface area contributed by atoms with Gasteiger partial charge in [-0.25, -0.2) is 0 Å². The summed E-state index contributed by atoms with van der Waals surface area (Å²) in [6, 6.07) is 8.34. The van der Waals surface area contributed by atoms with E-state index in [4.69, 9.17) is 17.3 Å². The molecule has 0 spiro atoms. The number of nitrogens with two attached hydrogens (primary N) is 1. The Morgan fingerprint density at radius 2 is 1.75 bits per heavy atom. The van der Waals surface area contributed by atoms with Gasteiger partial charge in [0.05, 0.1) is 0 Å². The molecule has 2 unspecified atom stereocenters. The molecule has 2 atom stereocenters. The summed E-state index contributed by atoms with van der Waals surface area (Å²) < 4.78 is 0. The van der Waals surface area contributed by atoms with Gasteiger partial charge < -0.3 is 10.6 Å². The lowest BCUT2D eigenvalue weighted by Gasteiger charge is -2.38. The maximum atomic E-state index is 12.1. The van der Waals surface area contributed by atoms with Gasteiger partial charge in [-0.2, -0.15) is 0 Å². The van der Waals surface area contributed by atoms with E-state index in [-0.39, 0.29) is 42.8 Å². The van der Waals surface area contributed by atoms with Crippen molar-refractivity contribution < 1.29 is 4.79 Å². The van der Waals surface area contributed by atoms with Crippen LogP contribution in [0, 0.1) is 0 Å². The highest BCUT2D eigenvalue weighted by atomic mass is 35.5. The molecule has 0 aromatic heterocycles. The predicted molar refractivity (Wildman–Crippen MR) is 105 cm³/mol. The van der Waals surface area contributed by atoms with Gasteiger partial charge in [0.1, 0.15) is 0 Å². The van der Waals surface area contributed by atoms with Crippen molar-refractivity contribution in [1.82, 2.24) is 9.80 Å². The third-order valence-electron chi connectivity index (χ3n) is 4.38. The third-order valence-corrected chi connectivity index (χ3v) is 4.73. The van der Waals surface area contributed by atoms with Gasteiger partial charge in [0.15, 0.2) is 0 Å². The minimum Gasteiger partial charge on any atom is -0.340 e. The molecule has 0 saturated carbocycles. The lowest BCUT2D eigenvalue weighted by Crippen LogP contribution is -2.49. The minimum atomic E-state index is 0. The van der Waals surface area contributed by atoms with Crippen LogP contribution in [0.3, 0.4) is 0 Å². The average Bonchev–Trinajstić information content (AvgIpc) is 2.52. The lowest BCUT2D eigenvalue weighted by atomic mass is 10.1. The van der Waals surface area contributed by atoms with Gasteiger partial charge in [0.2, 0.25) is 5.91 Å². The van der Waals surface area contributed by atoms with Gasteiger partial charge in [-0.05, 0) is 31.9 Å². The maximum Gasteiger partial charge on any atom is 0.222 e. The molecule has 7 heteroatoms. The van der Waals surface area contributed by atoms with Crippen molar-refractivity contribution in [3.8, 4) is 0 Å². The summed E-state index contributed by atoms with van der Waals surface area (Å²) in [6.45, 7) is 7.46. The number of carbonyl (C=O) groups excluding carboxylic acids is 1. The zero-order valence-corrected chi connectivity index (χ0v) is 16.7. The Kier molecular flexibility index (Phi) is 10.9. The summed E-state index contributed by atoms with van der Waals surface area (Å²) in [5.74, 6) is 0.224. The third kappa shape index (κ3) is 6.41. The van der Waals surface area contributed by atoms with Gasteiger partial charge in [0, 0.05) is 49.7 Å². The number of piperazine rings is 1. The van der Waals surface area contributed by atoms with E-state index >= 15 is 0 Å². The molecule has 0 radical (unpaired) electrons. The van der Waals surface area contributed by atoms with Crippen LogP contribution >= 0.6 is 36.4 Å². The van der Waals surface area contributed by atoms with E-state index in [9.17, 15) is 4.79 Å². The Morgan fingerprint density at radius 3 is 2.29 bits per heavy atom. The second-order valence-corrected chi connectivity index (χ2v) is 6.54. The van der Waals surface area contributed by atoms with Crippen molar-refractivity contribution in [2.45, 2.75) is 38.8 Å². The van der Waals surface area contributed by atoms with Crippen LogP contribution in [0.5, 0.6) is 0 Å². The molecule has 2 N–H and O–H groups in total. The number of amides is 1. The molecule has 1 aromatic rings. The maximum absolute atomic E-state index is 12.1. The zero-order valence-electron chi connectivity index (χ0n) is 14.3. The fourth-order valence-electron chi connectivity index (χ4n) is 2.88. The first-order chi connectivity index (χ1) is 10.5. The summed E-state index contributed by atoms with van der Waals surface area (Å²) >= 11 is 6.29. The second kappa shape index (κ2) is 11.2. The normalized spacial score (nSPS) is 17.4. The first kappa shape index (κ1) is 23.5. The Labute approximate surface area is 162 Å². The molecular weight excluding hydrogens is 369 g/mol. The first-order valence-electron chi connectivity index (χ1n) is 8.01. The predicted octanol–water partition coefficient (Wildman–Crippen LogP) is 3.52. The molecule has 1 amide bonds. The molecule has 4 nitrogen and oxygen atoms in total. The summed E-state index contributed by atoms with van der Waals surface area (Å²) in [5, 5.41) is 0.811. The topological polar surface area (TPSA) is 49.6 Å². The minimum absolute atomic E-state index is 0. The first-order valence-corrected chi connectivity index (χ1v) is 8.38. The van der Waals surface area contributed by atoms with Crippen LogP contribution in [-0.2, 0) is 4.79 Å². The Hall–Kier alpha value is -0.520. The van der Waals surface area contributed by atoms with E-state index in [0.717, 1.165) is 43.2 Å². The number of benzene rings is 1. The van der Waals surface area contributed by atoms with Gasteiger partial charge in [0.25, 0.3) is 0 Å². The van der Waals surface area contributed by atoms with Crippen LogP contribution in [0.1, 0.15) is 38.3 Å². The van der Waals surface area contributed by atoms with E-state index < -0.39 is 0 Å². The van der Waals surface area contributed by atoms with Crippen LogP contribution in [0.25, 0.3) is 0 Å². The van der Waals surface area contributed by atoms with Crippen molar-refractivity contribution in [3.05, 3.63) is 34.9 Å². The number of carbonyl (C=O) groups is 1. The van der Waals surface area contributed by atoms with Crippen LogP contribution < -0.4 is 5.73 Å². The van der Waals surface area contributed by atoms with Gasteiger partial charge in [-0.1, -0.05) is 29.8 Å². The molecule has 0 aliphatic carbocycles. The summed E-state index contributed by atoms with van der Waals surface area (Å²) in [6.07, 6.45) is 1.31. The fourth-order valence-corrected chi connectivity index (χ4v) is 3.17. The van der Waals surface area contributed by atoms with Gasteiger partial charge >= 0.3 is 0 Å². The highest BCUT2D eigenvalue weighted by Gasteiger charge is 2.25. The monoisotopic (exact) mass is 395 g/mol. The molecule has 1 heterocycles. The summed E-state index contributed by atoms with van der Waals surface area (Å²) in [4.78, 5) is 16.5. The molecule has 1 aliphatic heterocycles. The van der Waals surface area contributed by atoms with E-state index in [2.05, 4.69) is 17.9 Å². The summed E-state index contributed by atoms with van der Waals surface area (Å²) in [7, 11) is 0. The summed E-state index contributed by atoms with van der Waals surface area (Å²) in [5.41, 5.74) is 6.87. The molecule has 138 valence electrons. The second-order valence-electron chi connectivity index (χ2n) is 6.13. The standard InChI is InChI=1S/C17H26ClN3O.2ClH/c1-13(19)7-8-17(22)21-11-9-20(10-12-21)14(2)15-5-3-4-6-16(15)18;;/h3-6,13-14H,7-12,19H2,1-2H3;2*1H. The average molecular weight is 397 g/mol. The SMILES string of the molecule is CC(N)CCC(=O)N1CCN(C(C)c2ccccc2Cl)CC1.Cl.Cl. The molecular formula is C17H28Cl3N3O. The largest absolute Gasteiger partial charge is 0.340 e. The van der Waals surface area contributed by atoms with E-state index in [1.807, 2.05) is 30.0 Å². The molecule has 0 bridgehead atoms. The van der Waals surface area contributed by atoms with Crippen LogP contribution in [-0.4, -0.2) is 47.9 Å². The number of halogens is 3. The van der Waals surface area contributed by atoms with Crippen molar-refractivity contribution >= 4 is 42.3 Å². The molecule has 2 rings (SSSR count). The Morgan fingerprint density at radius 1 is 1.17 bits per heavy atom. The zero-order chi connectivity index (χ0) is 16.1. The van der Waals surface area contributed by atoms with Gasteiger partial charge in [-0.15, -0.1) is 24.8 Å². The van der Waals surface area contributed by atoms with Crippen LogP contribution in [0.15, 0.2) is 24.3 Å². The van der Waals surface area contributed by atoms with E-state index in [1.54, 1.807) is 0 Å². The molecule has 24 heavy (non-hydrogen) atoms. The van der Waals surface area contributed by atoms with E-state index in [0.29, 0.717) is 6.42 Å². The van der Waals surface area contributed by atoms with E-state index in [1.165, 1.54) is 0 Å². The fraction of sp³-hybridized carbons (Fsp3) is 0.588. The Balaban J connectivity index is 0.00000264. The Bertz CT molecular complexity index is 506. The number of nitrogens with zero attached hydrogens (tertiary/aromatic N) is 2. The van der Waals surface area contributed by atoms with Crippen molar-refractivity contribution in [2.75, 3.05) is 26.2 Å². The highest BCUT2D eigenvalue weighted by Crippen LogP contribution is 2.27.